The predicted molar refractivity (Wildman–Crippen MR) is 125 cm³/mol. The molecular weight excluding hydrogens is 378 g/mol. The minimum atomic E-state index is 0.308. The van der Waals surface area contributed by atoms with Crippen LogP contribution in [0, 0.1) is 18.3 Å². The number of hydrogen-bond acceptors (Lipinski definition) is 2. The Balaban J connectivity index is 1.35. The van der Waals surface area contributed by atoms with Gasteiger partial charge < -0.3 is 20.4 Å². The smallest absolute Gasteiger partial charge is 0.170 e. The normalized spacial score (nSPS) is 19.7. The van der Waals surface area contributed by atoms with Crippen molar-refractivity contribution >= 4 is 33.9 Å². The summed E-state index contributed by atoms with van der Waals surface area (Å²) in [6.07, 6.45) is 1.10. The second-order valence-corrected chi connectivity index (χ2v) is 8.92. The number of nitrogens with one attached hydrogen (secondary N) is 3. The average Bonchev–Trinajstić information content (AvgIpc) is 3.06. The molecule has 1 aliphatic carbocycles. The van der Waals surface area contributed by atoms with Gasteiger partial charge in [0.2, 0.25) is 0 Å². The molecule has 29 heavy (non-hydrogen) atoms. The van der Waals surface area contributed by atoms with Crippen LogP contribution < -0.4 is 15.4 Å². The highest BCUT2D eigenvalue weighted by atomic mass is 32.1. The zero-order chi connectivity index (χ0) is 20.6. The van der Waals surface area contributed by atoms with Gasteiger partial charge in [-0.3, -0.25) is 0 Å². The van der Waals surface area contributed by atoms with Gasteiger partial charge in [0.1, 0.15) is 5.75 Å². The molecule has 4 nitrogen and oxygen atoms in total. The maximum atomic E-state index is 5.46. The minimum Gasteiger partial charge on any atom is -0.497 e. The van der Waals surface area contributed by atoms with Gasteiger partial charge in [0, 0.05) is 28.8 Å². The largest absolute Gasteiger partial charge is 0.497 e. The monoisotopic (exact) mass is 407 g/mol. The second-order valence-electron chi connectivity index (χ2n) is 8.51. The first kappa shape index (κ1) is 19.8. The van der Waals surface area contributed by atoms with Crippen LogP contribution in [-0.4, -0.2) is 23.8 Å². The van der Waals surface area contributed by atoms with Crippen LogP contribution in [0.5, 0.6) is 5.75 Å². The molecule has 1 heterocycles. The summed E-state index contributed by atoms with van der Waals surface area (Å²) in [6, 6.07) is 16.4. The van der Waals surface area contributed by atoms with E-state index in [1.54, 1.807) is 7.11 Å². The Morgan fingerprint density at radius 1 is 1.14 bits per heavy atom. The highest BCUT2D eigenvalue weighted by molar-refractivity contribution is 7.80. The number of methoxy groups -OCH3 is 1. The molecule has 1 aliphatic rings. The molecule has 4 rings (SSSR count). The maximum Gasteiger partial charge on any atom is 0.170 e. The molecule has 2 aromatic carbocycles. The molecule has 0 spiro atoms. The molecule has 152 valence electrons. The summed E-state index contributed by atoms with van der Waals surface area (Å²) in [6.45, 7) is 7.84. The van der Waals surface area contributed by atoms with Gasteiger partial charge in [-0.15, -0.1) is 0 Å². The van der Waals surface area contributed by atoms with E-state index in [4.69, 9.17) is 17.0 Å². The number of rotatable bonds is 6. The Bertz CT molecular complexity index is 1020. The molecule has 0 amide bonds. The topological polar surface area (TPSA) is 49.1 Å². The van der Waals surface area contributed by atoms with Gasteiger partial charge in [-0.25, -0.2) is 0 Å². The van der Waals surface area contributed by atoms with Crippen LogP contribution in [0.2, 0.25) is 0 Å². The summed E-state index contributed by atoms with van der Waals surface area (Å²) in [5.74, 6) is 2.07. The second kappa shape index (κ2) is 7.71. The Kier molecular flexibility index (Phi) is 5.26. The van der Waals surface area contributed by atoms with Gasteiger partial charge >= 0.3 is 0 Å². The van der Waals surface area contributed by atoms with Crippen molar-refractivity contribution in [3.63, 3.8) is 0 Å². The van der Waals surface area contributed by atoms with Crippen LogP contribution in [0.15, 0.2) is 48.5 Å². The van der Waals surface area contributed by atoms with E-state index in [0.717, 1.165) is 24.4 Å². The van der Waals surface area contributed by atoms with Crippen LogP contribution in [-0.2, 0) is 0 Å². The molecule has 0 saturated heterocycles. The number of aromatic nitrogens is 1. The molecule has 3 aromatic rings. The first-order valence-electron chi connectivity index (χ1n) is 10.2. The Morgan fingerprint density at radius 3 is 2.59 bits per heavy atom. The van der Waals surface area contributed by atoms with Gasteiger partial charge in [0.25, 0.3) is 0 Å². The number of benzene rings is 2. The zero-order valence-corrected chi connectivity index (χ0v) is 18.3. The van der Waals surface area contributed by atoms with E-state index in [0.29, 0.717) is 22.4 Å². The molecule has 1 saturated carbocycles. The molecule has 2 atom stereocenters. The lowest BCUT2D eigenvalue weighted by molar-refractivity contribution is 0.415. The SMILES string of the molecule is COc1ccc(NC(=S)NCC[C@@H]2[C@H](c3c(C)[nH]c4ccccc34)C2(C)C)cc1. The molecule has 0 aliphatic heterocycles. The van der Waals surface area contributed by atoms with Crippen LogP contribution >= 0.6 is 12.2 Å². The standard InChI is InChI=1S/C24H29N3OS/c1-15-21(18-7-5-6-8-20(18)26-15)22-19(24(22,2)3)13-14-25-23(29)27-16-9-11-17(28-4)12-10-16/h5-12,19,22,26H,13-14H2,1-4H3,(H2,25,27,29)/t19-,22-/m1/s1. The van der Waals surface area contributed by atoms with Crippen molar-refractivity contribution < 1.29 is 4.74 Å². The summed E-state index contributed by atoms with van der Waals surface area (Å²) >= 11 is 5.46. The lowest BCUT2D eigenvalue weighted by Gasteiger charge is -2.11. The van der Waals surface area contributed by atoms with Crippen molar-refractivity contribution in [1.82, 2.24) is 10.3 Å². The lowest BCUT2D eigenvalue weighted by Crippen LogP contribution is -2.29. The highest BCUT2D eigenvalue weighted by Gasteiger charge is 2.58. The molecular formula is C24H29N3OS. The van der Waals surface area contributed by atoms with E-state index >= 15 is 0 Å². The summed E-state index contributed by atoms with van der Waals surface area (Å²) in [4.78, 5) is 3.56. The van der Waals surface area contributed by atoms with Crippen molar-refractivity contribution in [2.45, 2.75) is 33.1 Å². The van der Waals surface area contributed by atoms with Crippen LogP contribution in [0.4, 0.5) is 5.69 Å². The third-order valence-electron chi connectivity index (χ3n) is 6.39. The minimum absolute atomic E-state index is 0.308. The van der Waals surface area contributed by atoms with E-state index in [9.17, 15) is 0 Å². The molecule has 0 radical (unpaired) electrons. The summed E-state index contributed by atoms with van der Waals surface area (Å²) in [5.41, 5.74) is 5.31. The molecule has 1 fully saturated rings. The third-order valence-corrected chi connectivity index (χ3v) is 6.64. The number of H-pyrrole nitrogens is 1. The number of hydrogen-bond donors (Lipinski definition) is 3. The van der Waals surface area contributed by atoms with E-state index in [1.165, 1.54) is 22.2 Å². The summed E-state index contributed by atoms with van der Waals surface area (Å²) in [7, 11) is 1.67. The van der Waals surface area contributed by atoms with E-state index in [2.05, 4.69) is 60.7 Å². The van der Waals surface area contributed by atoms with E-state index in [1.807, 2.05) is 24.3 Å². The number of fused-ring (bicyclic) bond motifs is 1. The Labute approximate surface area is 178 Å². The lowest BCUT2D eigenvalue weighted by atomic mass is 10.0. The van der Waals surface area contributed by atoms with Gasteiger partial charge in [0.05, 0.1) is 7.11 Å². The highest BCUT2D eigenvalue weighted by Crippen LogP contribution is 2.67. The predicted octanol–water partition coefficient (Wildman–Crippen LogP) is 5.60. The molecule has 3 N–H and O–H groups in total. The number of aryl methyl sites for hydroxylation is 1. The quantitative estimate of drug-likeness (QED) is 0.466. The fourth-order valence-corrected chi connectivity index (χ4v) is 4.97. The number of ether oxygens (including phenoxy) is 1. The first-order valence-corrected chi connectivity index (χ1v) is 10.6. The van der Waals surface area contributed by atoms with E-state index in [-0.39, 0.29) is 0 Å². The Hall–Kier alpha value is -2.53. The van der Waals surface area contributed by atoms with Crippen LogP contribution in [0.1, 0.15) is 37.4 Å². The summed E-state index contributed by atoms with van der Waals surface area (Å²) < 4.78 is 5.19. The Morgan fingerprint density at radius 2 is 1.86 bits per heavy atom. The third kappa shape index (κ3) is 3.84. The van der Waals surface area contributed by atoms with Crippen molar-refractivity contribution in [3.05, 3.63) is 59.8 Å². The molecule has 0 unspecified atom stereocenters. The molecule has 1 aromatic heterocycles. The van der Waals surface area contributed by atoms with Crippen molar-refractivity contribution in [2.24, 2.45) is 11.3 Å². The van der Waals surface area contributed by atoms with Gasteiger partial charge in [0.15, 0.2) is 5.11 Å². The average molecular weight is 408 g/mol. The fourth-order valence-electron chi connectivity index (χ4n) is 4.75. The number of aromatic amines is 1. The number of thiocarbonyl (C=S) groups is 1. The van der Waals surface area contributed by atoms with Gasteiger partial charge in [-0.2, -0.15) is 0 Å². The van der Waals surface area contributed by atoms with Gasteiger partial charge in [-0.05, 0) is 78.7 Å². The summed E-state index contributed by atoms with van der Waals surface area (Å²) in [5, 5.41) is 8.64. The number of para-hydroxylation sites is 1. The maximum absolute atomic E-state index is 5.46. The zero-order valence-electron chi connectivity index (χ0n) is 17.5. The van der Waals surface area contributed by atoms with Crippen LogP contribution in [0.3, 0.4) is 0 Å². The van der Waals surface area contributed by atoms with E-state index < -0.39 is 0 Å². The fraction of sp³-hybridized carbons (Fsp3) is 0.375. The van der Waals surface area contributed by atoms with Crippen LogP contribution in [0.25, 0.3) is 10.9 Å². The van der Waals surface area contributed by atoms with Gasteiger partial charge in [-0.1, -0.05) is 32.0 Å². The van der Waals surface area contributed by atoms with Crippen molar-refractivity contribution in [2.75, 3.05) is 19.0 Å². The first-order chi connectivity index (χ1) is 13.9. The van der Waals surface area contributed by atoms with Crippen molar-refractivity contribution in [3.8, 4) is 5.75 Å². The molecule has 5 heteroatoms. The number of anilines is 1. The van der Waals surface area contributed by atoms with Crippen molar-refractivity contribution in [1.29, 1.82) is 0 Å². The molecule has 0 bridgehead atoms.